The molecule has 1 aromatic rings. The van der Waals surface area contributed by atoms with E-state index in [1.54, 1.807) is 12.1 Å². The average molecular weight is 705 g/mol. The number of hydrogen-bond donors (Lipinski definition) is 2. The summed E-state index contributed by atoms with van der Waals surface area (Å²) in [7, 11) is 0. The third-order valence-electron chi connectivity index (χ3n) is 16.8. The van der Waals surface area contributed by atoms with Crippen molar-refractivity contribution in [3.63, 3.8) is 0 Å². The molecule has 0 radical (unpaired) electrons. The molecule has 5 fully saturated rings. The van der Waals surface area contributed by atoms with E-state index in [9.17, 15) is 23.5 Å². The van der Waals surface area contributed by atoms with Crippen molar-refractivity contribution in [3.05, 3.63) is 53.6 Å². The van der Waals surface area contributed by atoms with Crippen LogP contribution < -0.4 is 5.32 Å². The van der Waals surface area contributed by atoms with Crippen LogP contribution in [0, 0.1) is 56.7 Å². The number of likely N-dealkylation sites (tertiary alicyclic amines) is 1. The third-order valence-corrected chi connectivity index (χ3v) is 16.8. The number of halogens is 2. The molecular formula is C44H62F2N2O3. The number of amides is 1. The van der Waals surface area contributed by atoms with Crippen LogP contribution in [0.4, 0.5) is 8.78 Å². The number of allylic oxidation sites excluding steroid dienone is 3. The van der Waals surface area contributed by atoms with E-state index in [0.29, 0.717) is 55.4 Å². The number of carbonyl (C=O) groups excluding carboxylic acids is 1. The zero-order chi connectivity index (χ0) is 36.8. The molecule has 0 aromatic heterocycles. The van der Waals surface area contributed by atoms with Crippen molar-refractivity contribution in [1.82, 2.24) is 10.2 Å². The van der Waals surface area contributed by atoms with E-state index in [4.69, 9.17) is 0 Å². The lowest BCUT2D eigenvalue weighted by Crippen LogP contribution is -2.66. The van der Waals surface area contributed by atoms with Gasteiger partial charge in [-0.2, -0.15) is 0 Å². The summed E-state index contributed by atoms with van der Waals surface area (Å²) in [5.41, 5.74) is 4.06. The Kier molecular flexibility index (Phi) is 9.03. The molecule has 5 aliphatic carbocycles. The fourth-order valence-electron chi connectivity index (χ4n) is 14.0. The molecule has 1 aromatic carbocycles. The van der Waals surface area contributed by atoms with Crippen LogP contribution in [-0.2, 0) is 4.79 Å². The maximum absolute atomic E-state index is 14.5. The largest absolute Gasteiger partial charge is 0.478 e. The molecule has 1 saturated heterocycles. The van der Waals surface area contributed by atoms with E-state index < -0.39 is 11.9 Å². The fourth-order valence-corrected chi connectivity index (χ4v) is 14.0. The summed E-state index contributed by atoms with van der Waals surface area (Å²) >= 11 is 0. The first kappa shape index (κ1) is 36.8. The number of hydrogen-bond acceptors (Lipinski definition) is 3. The first-order chi connectivity index (χ1) is 23.9. The molecule has 0 unspecified atom stereocenters. The van der Waals surface area contributed by atoms with Gasteiger partial charge in [-0.15, -0.1) is 0 Å². The number of carboxylic acid groups (broad SMARTS) is 1. The highest BCUT2D eigenvalue weighted by Gasteiger charge is 2.71. The Bertz CT molecular complexity index is 1590. The highest BCUT2D eigenvalue weighted by Crippen LogP contribution is 2.77. The second-order valence-electron chi connectivity index (χ2n) is 19.2. The Morgan fingerprint density at radius 2 is 1.57 bits per heavy atom. The van der Waals surface area contributed by atoms with Gasteiger partial charge in [-0.25, -0.2) is 13.6 Å². The van der Waals surface area contributed by atoms with Gasteiger partial charge in [0.25, 0.3) is 5.92 Å². The highest BCUT2D eigenvalue weighted by atomic mass is 19.3. The molecule has 2 N–H and O–H groups in total. The van der Waals surface area contributed by atoms with Crippen LogP contribution in [0.5, 0.6) is 0 Å². The van der Waals surface area contributed by atoms with Crippen LogP contribution in [0.3, 0.4) is 0 Å². The SMILES string of the molecule is C=C(C)[C@@H]1CC[C@]2(C(=O)NCCN3CCC(F)(F)CC3)CC[C@]3(C)[C@H](CC[C@@H]4[C@@]5(C)CC=C(c6ccc(C(=O)O)cc6)C(C)(C)[C@@H]5CC[C@]43C)[C@@H]12. The first-order valence-corrected chi connectivity index (χ1v) is 20.0. The van der Waals surface area contributed by atoms with Gasteiger partial charge >= 0.3 is 5.97 Å². The Morgan fingerprint density at radius 1 is 0.882 bits per heavy atom. The van der Waals surface area contributed by atoms with Crippen LogP contribution in [0.1, 0.15) is 128 Å². The fraction of sp³-hybridized carbons (Fsp3) is 0.727. The lowest BCUT2D eigenvalue weighted by atomic mass is 9.32. The summed E-state index contributed by atoms with van der Waals surface area (Å²) in [6, 6.07) is 7.48. The quantitative estimate of drug-likeness (QED) is 0.277. The number of carboxylic acids is 1. The normalized spacial score (nSPS) is 41.3. The van der Waals surface area contributed by atoms with Crippen LogP contribution in [0.15, 0.2) is 42.5 Å². The number of nitrogens with one attached hydrogen (secondary N) is 1. The number of alkyl halides is 2. The molecule has 0 spiro atoms. The molecule has 5 nitrogen and oxygen atoms in total. The van der Waals surface area contributed by atoms with Crippen LogP contribution in [-0.4, -0.2) is 54.0 Å². The Labute approximate surface area is 305 Å². The number of piperidine rings is 1. The lowest BCUT2D eigenvalue weighted by Gasteiger charge is -2.72. The van der Waals surface area contributed by atoms with Crippen LogP contribution in [0.25, 0.3) is 5.57 Å². The van der Waals surface area contributed by atoms with Crippen LogP contribution in [0.2, 0.25) is 0 Å². The summed E-state index contributed by atoms with van der Waals surface area (Å²) in [6.45, 7) is 21.3. The summed E-state index contributed by atoms with van der Waals surface area (Å²) < 4.78 is 27.5. The van der Waals surface area contributed by atoms with E-state index in [1.165, 1.54) is 30.4 Å². The predicted octanol–water partition coefficient (Wildman–Crippen LogP) is 9.88. The number of benzene rings is 1. The van der Waals surface area contributed by atoms with Gasteiger partial charge in [0.2, 0.25) is 5.91 Å². The van der Waals surface area contributed by atoms with Crippen molar-refractivity contribution in [2.45, 2.75) is 118 Å². The molecule has 9 atom stereocenters. The summed E-state index contributed by atoms with van der Waals surface area (Å²) in [5.74, 6) is -1.04. The van der Waals surface area contributed by atoms with Crippen molar-refractivity contribution >= 4 is 17.4 Å². The van der Waals surface area contributed by atoms with Gasteiger partial charge in [-0.1, -0.05) is 65.0 Å². The monoisotopic (exact) mass is 704 g/mol. The molecule has 51 heavy (non-hydrogen) atoms. The van der Waals surface area contributed by atoms with E-state index in [0.717, 1.165) is 44.1 Å². The van der Waals surface area contributed by atoms with Crippen molar-refractivity contribution < 1.29 is 23.5 Å². The minimum Gasteiger partial charge on any atom is -0.478 e. The Balaban J connectivity index is 1.14. The number of fused-ring (bicyclic) bond motifs is 7. The first-order valence-electron chi connectivity index (χ1n) is 20.0. The summed E-state index contributed by atoms with van der Waals surface area (Å²) in [6.07, 6.45) is 12.0. The summed E-state index contributed by atoms with van der Waals surface area (Å²) in [5, 5.41) is 12.8. The zero-order valence-electron chi connectivity index (χ0n) is 32.1. The van der Waals surface area contributed by atoms with Gasteiger partial charge in [0.05, 0.1) is 11.0 Å². The zero-order valence-corrected chi connectivity index (χ0v) is 32.1. The molecule has 280 valence electrons. The van der Waals surface area contributed by atoms with E-state index in [1.807, 2.05) is 12.1 Å². The molecular weight excluding hydrogens is 642 g/mol. The molecule has 1 heterocycles. The van der Waals surface area contributed by atoms with Gasteiger partial charge in [0, 0.05) is 39.0 Å². The van der Waals surface area contributed by atoms with Crippen molar-refractivity contribution in [3.8, 4) is 0 Å². The molecule has 6 aliphatic rings. The van der Waals surface area contributed by atoms with Crippen molar-refractivity contribution in [2.24, 2.45) is 56.7 Å². The predicted molar refractivity (Wildman–Crippen MR) is 199 cm³/mol. The standard InChI is InChI=1S/C44H62F2N2O3/c1-28(2)31-14-19-43(38(51)47-24-27-48-25-22-44(45,46)23-26-48)21-20-41(6)33(36(31)43)12-13-35-40(5)17-15-32(29-8-10-30(11-9-29)37(49)50)39(3,4)34(40)16-18-42(35,41)7/h8-11,15,31,33-36H,1,12-14,16-27H2,2-7H3,(H,47,51)(H,49,50)/t31-,33+,34-,35+,36+,40-,41+,42+,43-/m0/s1. The van der Waals surface area contributed by atoms with Gasteiger partial charge in [0.15, 0.2) is 0 Å². The van der Waals surface area contributed by atoms with E-state index in [-0.39, 0.29) is 51.7 Å². The lowest BCUT2D eigenvalue weighted by molar-refractivity contribution is -0.225. The van der Waals surface area contributed by atoms with Gasteiger partial charge in [-0.05, 0) is 139 Å². The van der Waals surface area contributed by atoms with E-state index >= 15 is 0 Å². The molecule has 7 heteroatoms. The molecule has 1 aliphatic heterocycles. The molecule has 4 saturated carbocycles. The number of aromatic carboxylic acids is 1. The molecule has 0 bridgehead atoms. The average Bonchev–Trinajstić information content (AvgIpc) is 3.47. The Morgan fingerprint density at radius 3 is 2.22 bits per heavy atom. The maximum atomic E-state index is 14.5. The number of rotatable bonds is 7. The highest BCUT2D eigenvalue weighted by molar-refractivity contribution is 5.88. The van der Waals surface area contributed by atoms with Crippen molar-refractivity contribution in [1.29, 1.82) is 0 Å². The second kappa shape index (κ2) is 12.5. The van der Waals surface area contributed by atoms with Crippen LogP contribution >= 0.6 is 0 Å². The molecule has 7 rings (SSSR count). The van der Waals surface area contributed by atoms with Gasteiger partial charge in [0.1, 0.15) is 0 Å². The molecule has 1 amide bonds. The minimum atomic E-state index is -2.56. The van der Waals surface area contributed by atoms with Crippen molar-refractivity contribution in [2.75, 3.05) is 26.2 Å². The van der Waals surface area contributed by atoms with E-state index in [2.05, 4.69) is 64.4 Å². The number of nitrogens with zero attached hydrogens (tertiary/aromatic N) is 1. The Hall–Kier alpha value is -2.54. The smallest absolute Gasteiger partial charge is 0.335 e. The second-order valence-corrected chi connectivity index (χ2v) is 19.2. The third kappa shape index (κ3) is 5.59. The number of carbonyl (C=O) groups is 2. The maximum Gasteiger partial charge on any atom is 0.335 e. The van der Waals surface area contributed by atoms with Gasteiger partial charge < -0.3 is 15.3 Å². The minimum absolute atomic E-state index is 0.0395. The summed E-state index contributed by atoms with van der Waals surface area (Å²) in [4.78, 5) is 28.1. The topological polar surface area (TPSA) is 69.6 Å². The van der Waals surface area contributed by atoms with Gasteiger partial charge in [-0.3, -0.25) is 4.79 Å².